The molecule has 1 amide bonds. The fourth-order valence-corrected chi connectivity index (χ4v) is 3.61. The van der Waals surface area contributed by atoms with Crippen LogP contribution in [0.5, 0.6) is 0 Å². The molecule has 0 saturated carbocycles. The number of likely N-dealkylation sites (tertiary alicyclic amines) is 1. The second kappa shape index (κ2) is 11.5. The van der Waals surface area contributed by atoms with Gasteiger partial charge in [-0.05, 0) is 25.9 Å². The molecule has 0 radical (unpaired) electrons. The number of sulfonamides is 1. The summed E-state index contributed by atoms with van der Waals surface area (Å²) in [5.74, 6) is -0.471. The number of hydrogen-bond acceptors (Lipinski definition) is 6. The highest BCUT2D eigenvalue weighted by atomic mass is 32.2. The second-order valence-electron chi connectivity index (χ2n) is 5.19. The number of ketones is 1. The van der Waals surface area contributed by atoms with Gasteiger partial charge in [0.2, 0.25) is 15.9 Å². The van der Waals surface area contributed by atoms with E-state index in [9.17, 15) is 18.0 Å². The summed E-state index contributed by atoms with van der Waals surface area (Å²) in [5, 5.41) is -0.514. The Labute approximate surface area is 141 Å². The highest BCUT2D eigenvalue weighted by Crippen LogP contribution is 2.16. The van der Waals surface area contributed by atoms with Crippen molar-refractivity contribution >= 4 is 21.7 Å². The monoisotopic (exact) mass is 352 g/mol. The lowest BCUT2D eigenvalue weighted by atomic mass is 10.1. The van der Waals surface area contributed by atoms with E-state index in [1.54, 1.807) is 6.92 Å². The Kier molecular flexibility index (Phi) is 11.0. The van der Waals surface area contributed by atoms with Gasteiger partial charge in [-0.1, -0.05) is 20.8 Å². The molecule has 0 aromatic rings. The zero-order valence-corrected chi connectivity index (χ0v) is 15.4. The van der Waals surface area contributed by atoms with Crippen LogP contribution in [0.15, 0.2) is 0 Å². The topological polar surface area (TPSA) is 92.8 Å². The van der Waals surface area contributed by atoms with Gasteiger partial charge in [0, 0.05) is 21.3 Å². The van der Waals surface area contributed by atoms with Crippen LogP contribution >= 0.6 is 0 Å². The number of hydrogen-bond donors (Lipinski definition) is 1. The van der Waals surface area contributed by atoms with Crippen molar-refractivity contribution in [1.82, 2.24) is 9.62 Å². The summed E-state index contributed by atoms with van der Waals surface area (Å²) < 4.78 is 31.0. The van der Waals surface area contributed by atoms with Crippen molar-refractivity contribution in [2.24, 2.45) is 0 Å². The van der Waals surface area contributed by atoms with Crippen LogP contribution < -0.4 is 4.72 Å². The van der Waals surface area contributed by atoms with Gasteiger partial charge in [0.15, 0.2) is 5.78 Å². The molecule has 0 unspecified atom stereocenters. The van der Waals surface area contributed by atoms with Gasteiger partial charge in [0.05, 0.1) is 11.9 Å². The molecule has 1 heterocycles. The first-order chi connectivity index (χ1) is 10.8. The number of nitrogens with one attached hydrogen (secondary N) is 1. The van der Waals surface area contributed by atoms with Crippen molar-refractivity contribution in [2.45, 2.75) is 52.2 Å². The molecule has 1 N–H and O–H groups in total. The van der Waals surface area contributed by atoms with Gasteiger partial charge in [-0.2, -0.15) is 0 Å². The Morgan fingerprint density at radius 2 is 1.83 bits per heavy atom. The molecule has 0 aromatic heterocycles. The standard InChI is InChI=1S/C13H24N2O5S.C2H6.H2/c1-3-12(17)10-20-9-8-15-6-4-13(5-7-15)21(18,19)14-11(2)16;1-2;/h13H,3-10H2,1-2H3,(H,14,16);1-2H3;1H. The van der Waals surface area contributed by atoms with E-state index in [1.807, 2.05) is 18.6 Å². The smallest absolute Gasteiger partial charge is 0.237 e. The third-order valence-corrected chi connectivity index (χ3v) is 5.39. The summed E-state index contributed by atoms with van der Waals surface area (Å²) in [4.78, 5) is 24.0. The summed E-state index contributed by atoms with van der Waals surface area (Å²) in [6.45, 7) is 9.58. The molecule has 1 rings (SSSR count). The van der Waals surface area contributed by atoms with E-state index in [-0.39, 0.29) is 13.8 Å². The first-order valence-corrected chi connectivity index (χ1v) is 9.73. The molecule has 1 fully saturated rings. The zero-order valence-electron chi connectivity index (χ0n) is 14.6. The molecule has 0 aliphatic carbocycles. The number of carbonyl (C=O) groups excluding carboxylic acids is 2. The minimum absolute atomic E-state index is 0. The molecule has 0 atom stereocenters. The number of carbonyl (C=O) groups is 2. The van der Waals surface area contributed by atoms with Gasteiger partial charge in [-0.15, -0.1) is 0 Å². The Bertz CT molecular complexity index is 462. The fourth-order valence-electron chi connectivity index (χ4n) is 2.21. The lowest BCUT2D eigenvalue weighted by Gasteiger charge is -2.31. The lowest BCUT2D eigenvalue weighted by molar-refractivity contribution is -0.123. The molecule has 23 heavy (non-hydrogen) atoms. The second-order valence-corrected chi connectivity index (χ2v) is 7.15. The average Bonchev–Trinajstić information content (AvgIpc) is 2.52. The first kappa shape index (κ1) is 22.0. The van der Waals surface area contributed by atoms with Gasteiger partial charge < -0.3 is 9.64 Å². The van der Waals surface area contributed by atoms with Gasteiger partial charge in [0.1, 0.15) is 6.61 Å². The predicted octanol–water partition coefficient (Wildman–Crippen LogP) is 1.18. The van der Waals surface area contributed by atoms with E-state index in [2.05, 4.69) is 4.90 Å². The van der Waals surface area contributed by atoms with Crippen LogP contribution in [0.25, 0.3) is 0 Å². The molecule has 8 heteroatoms. The number of rotatable bonds is 8. The van der Waals surface area contributed by atoms with Crippen LogP contribution in [0.3, 0.4) is 0 Å². The zero-order chi connectivity index (χ0) is 17.9. The number of ether oxygens (including phenoxy) is 1. The van der Waals surface area contributed by atoms with Crippen LogP contribution in [-0.4, -0.2) is 63.1 Å². The molecule has 1 saturated heterocycles. The normalized spacial score (nSPS) is 16.3. The van der Waals surface area contributed by atoms with Crippen molar-refractivity contribution in [3.63, 3.8) is 0 Å². The fraction of sp³-hybridized carbons (Fsp3) is 0.867. The lowest BCUT2D eigenvalue weighted by Crippen LogP contribution is -2.45. The molecular formula is C15H32N2O5S. The van der Waals surface area contributed by atoms with Crippen LogP contribution in [0.1, 0.15) is 48.4 Å². The molecule has 0 spiro atoms. The number of amides is 1. The van der Waals surface area contributed by atoms with E-state index < -0.39 is 21.2 Å². The molecule has 1 aliphatic heterocycles. The number of nitrogens with zero attached hydrogens (tertiary/aromatic N) is 1. The third kappa shape index (κ3) is 9.02. The quantitative estimate of drug-likeness (QED) is 0.660. The number of piperidine rings is 1. The highest BCUT2D eigenvalue weighted by molar-refractivity contribution is 7.90. The Hall–Kier alpha value is -0.990. The molecule has 1 aliphatic rings. The molecule has 138 valence electrons. The molecule has 0 aromatic carbocycles. The van der Waals surface area contributed by atoms with Crippen molar-refractivity contribution in [3.05, 3.63) is 0 Å². The maximum Gasteiger partial charge on any atom is 0.237 e. The van der Waals surface area contributed by atoms with Crippen molar-refractivity contribution < 1.29 is 24.2 Å². The average molecular weight is 352 g/mol. The Balaban J connectivity index is 0. The molecular weight excluding hydrogens is 320 g/mol. The summed E-state index contributed by atoms with van der Waals surface area (Å²) in [6.07, 6.45) is 1.47. The minimum atomic E-state index is -3.55. The van der Waals surface area contributed by atoms with Crippen molar-refractivity contribution in [1.29, 1.82) is 0 Å². The van der Waals surface area contributed by atoms with E-state index in [4.69, 9.17) is 4.74 Å². The van der Waals surface area contributed by atoms with E-state index in [1.165, 1.54) is 6.92 Å². The molecule has 0 bridgehead atoms. The van der Waals surface area contributed by atoms with Crippen molar-refractivity contribution in [3.8, 4) is 0 Å². The van der Waals surface area contributed by atoms with Crippen molar-refractivity contribution in [2.75, 3.05) is 32.8 Å². The van der Waals surface area contributed by atoms with E-state index >= 15 is 0 Å². The van der Waals surface area contributed by atoms with Gasteiger partial charge in [-0.3, -0.25) is 14.3 Å². The van der Waals surface area contributed by atoms with Gasteiger partial charge in [-0.25, -0.2) is 8.42 Å². The van der Waals surface area contributed by atoms with Crippen LogP contribution in [-0.2, 0) is 24.3 Å². The number of Topliss-reactive ketones (excluding diaryl/α,β-unsaturated/α-hetero) is 1. The highest BCUT2D eigenvalue weighted by Gasteiger charge is 2.30. The molecule has 7 nitrogen and oxygen atoms in total. The summed E-state index contributed by atoms with van der Waals surface area (Å²) in [5.41, 5.74) is 0. The predicted molar refractivity (Wildman–Crippen MR) is 91.8 cm³/mol. The van der Waals surface area contributed by atoms with E-state index in [0.29, 0.717) is 45.5 Å². The van der Waals surface area contributed by atoms with E-state index in [0.717, 1.165) is 0 Å². The van der Waals surface area contributed by atoms with Crippen LogP contribution in [0.2, 0.25) is 0 Å². The Morgan fingerprint density at radius 1 is 1.26 bits per heavy atom. The Morgan fingerprint density at radius 3 is 2.30 bits per heavy atom. The minimum Gasteiger partial charge on any atom is -0.372 e. The third-order valence-electron chi connectivity index (χ3n) is 3.47. The van der Waals surface area contributed by atoms with Crippen LogP contribution in [0, 0.1) is 0 Å². The SMILES string of the molecule is CC.CCC(=O)COCCN1CCC(S(=O)(=O)NC(C)=O)CC1.[HH]. The van der Waals surface area contributed by atoms with Gasteiger partial charge in [0.25, 0.3) is 0 Å². The maximum atomic E-state index is 11.9. The largest absolute Gasteiger partial charge is 0.372 e. The summed E-state index contributed by atoms with van der Waals surface area (Å²) in [6, 6.07) is 0. The summed E-state index contributed by atoms with van der Waals surface area (Å²) in [7, 11) is -3.55. The summed E-state index contributed by atoms with van der Waals surface area (Å²) >= 11 is 0. The van der Waals surface area contributed by atoms with Gasteiger partial charge >= 0.3 is 0 Å². The first-order valence-electron chi connectivity index (χ1n) is 8.19. The maximum absolute atomic E-state index is 11.9. The van der Waals surface area contributed by atoms with Crippen LogP contribution in [0.4, 0.5) is 0 Å².